The van der Waals surface area contributed by atoms with Gasteiger partial charge in [-0.25, -0.2) is 0 Å². The maximum Gasteiger partial charge on any atom is 0.150 e. The van der Waals surface area contributed by atoms with Gasteiger partial charge in [-0.05, 0) is 43.7 Å². The maximum absolute atomic E-state index is 11.0. The van der Waals surface area contributed by atoms with Gasteiger partial charge in [-0.3, -0.25) is 4.79 Å². The Morgan fingerprint density at radius 1 is 1.00 bits per heavy atom. The molecular weight excluding hydrogens is 248 g/mol. The molecule has 0 fully saturated rings. The Morgan fingerprint density at radius 2 is 1.75 bits per heavy atom. The topological polar surface area (TPSA) is 26.3 Å². The van der Waals surface area contributed by atoms with Gasteiger partial charge in [-0.1, -0.05) is 30.3 Å². The molecule has 0 saturated heterocycles. The summed E-state index contributed by atoms with van der Waals surface area (Å²) >= 11 is 0. The molecule has 0 atom stereocenters. The minimum Gasteiger partial charge on any atom is -0.483 e. The van der Waals surface area contributed by atoms with Crippen LogP contribution >= 0.6 is 0 Å². The van der Waals surface area contributed by atoms with Crippen LogP contribution in [0.4, 0.5) is 0 Å². The van der Waals surface area contributed by atoms with Crippen LogP contribution in [0.3, 0.4) is 0 Å². The molecule has 2 heteroatoms. The lowest BCUT2D eigenvalue weighted by atomic mass is 9.91. The highest BCUT2D eigenvalue weighted by Gasteiger charge is 2.35. The van der Waals surface area contributed by atoms with Gasteiger partial charge in [-0.15, -0.1) is 0 Å². The molecule has 0 saturated carbocycles. The normalized spacial score (nSPS) is 17.6. The van der Waals surface area contributed by atoms with Crippen LogP contribution in [0.5, 0.6) is 5.75 Å². The van der Waals surface area contributed by atoms with E-state index >= 15 is 0 Å². The molecule has 0 radical (unpaired) electrons. The molecule has 0 aromatic heterocycles. The zero-order valence-corrected chi connectivity index (χ0v) is 11.6. The number of rotatable bonds is 2. The van der Waals surface area contributed by atoms with E-state index in [0.717, 1.165) is 28.7 Å². The largest absolute Gasteiger partial charge is 0.483 e. The van der Waals surface area contributed by atoms with Crippen molar-refractivity contribution in [1.82, 2.24) is 0 Å². The van der Waals surface area contributed by atoms with E-state index in [-0.39, 0.29) is 5.60 Å². The van der Waals surface area contributed by atoms with Crippen molar-refractivity contribution in [3.8, 4) is 5.75 Å². The summed E-state index contributed by atoms with van der Waals surface area (Å²) in [6.45, 7) is 4.09. The molecule has 2 aromatic rings. The van der Waals surface area contributed by atoms with Gasteiger partial charge < -0.3 is 4.74 Å². The first-order chi connectivity index (χ1) is 9.60. The molecule has 0 N–H and O–H groups in total. The van der Waals surface area contributed by atoms with Crippen LogP contribution < -0.4 is 4.74 Å². The molecule has 3 rings (SSSR count). The van der Waals surface area contributed by atoms with E-state index in [9.17, 15) is 4.79 Å². The summed E-state index contributed by atoms with van der Waals surface area (Å²) < 4.78 is 5.99. The highest BCUT2D eigenvalue weighted by Crippen LogP contribution is 2.44. The van der Waals surface area contributed by atoms with E-state index in [4.69, 9.17) is 4.74 Å². The van der Waals surface area contributed by atoms with Gasteiger partial charge in [0, 0.05) is 16.7 Å². The predicted octanol–water partition coefficient (Wildman–Crippen LogP) is 4.21. The molecule has 0 amide bonds. The quantitative estimate of drug-likeness (QED) is 0.759. The van der Waals surface area contributed by atoms with Crippen molar-refractivity contribution in [3.05, 3.63) is 65.2 Å². The lowest BCUT2D eigenvalue weighted by Crippen LogP contribution is -2.23. The summed E-state index contributed by atoms with van der Waals surface area (Å²) in [6, 6.07) is 15.7. The summed E-state index contributed by atoms with van der Waals surface area (Å²) in [6.07, 6.45) is 2.99. The van der Waals surface area contributed by atoms with Crippen molar-refractivity contribution in [2.75, 3.05) is 0 Å². The van der Waals surface area contributed by atoms with Crippen LogP contribution in [-0.2, 0) is 0 Å². The van der Waals surface area contributed by atoms with E-state index in [2.05, 4.69) is 18.2 Å². The van der Waals surface area contributed by atoms with Crippen LogP contribution in [0.25, 0.3) is 11.6 Å². The number of hydrogen-bond acceptors (Lipinski definition) is 2. The fourth-order valence-electron chi connectivity index (χ4n) is 2.54. The van der Waals surface area contributed by atoms with Gasteiger partial charge in [0.25, 0.3) is 0 Å². The third kappa shape index (κ3) is 2.14. The monoisotopic (exact) mass is 264 g/mol. The molecule has 1 heterocycles. The molecule has 0 bridgehead atoms. The van der Waals surface area contributed by atoms with Gasteiger partial charge in [0.05, 0.1) is 0 Å². The first-order valence-corrected chi connectivity index (χ1v) is 6.66. The molecule has 20 heavy (non-hydrogen) atoms. The SMILES string of the molecule is CC1(C)Oc2ccc(C=O)cc2/C1=C/c1ccccc1. The second kappa shape index (κ2) is 4.64. The number of aldehydes is 1. The Bertz CT molecular complexity index is 682. The Labute approximate surface area is 118 Å². The van der Waals surface area contributed by atoms with Crippen molar-refractivity contribution in [2.24, 2.45) is 0 Å². The predicted molar refractivity (Wildman–Crippen MR) is 80.8 cm³/mol. The summed E-state index contributed by atoms with van der Waals surface area (Å²) in [5.74, 6) is 0.836. The Balaban J connectivity index is 2.15. The van der Waals surface area contributed by atoms with E-state index in [0.29, 0.717) is 5.56 Å². The molecule has 0 aliphatic carbocycles. The lowest BCUT2D eigenvalue weighted by Gasteiger charge is -2.20. The Morgan fingerprint density at radius 3 is 2.45 bits per heavy atom. The summed E-state index contributed by atoms with van der Waals surface area (Å²) in [5.41, 5.74) is 3.51. The molecule has 2 aromatic carbocycles. The molecule has 1 aliphatic heterocycles. The average Bonchev–Trinajstić information content (AvgIpc) is 2.70. The molecule has 0 spiro atoms. The van der Waals surface area contributed by atoms with Crippen LogP contribution in [0, 0.1) is 0 Å². The number of benzene rings is 2. The number of hydrogen-bond donors (Lipinski definition) is 0. The lowest BCUT2D eigenvalue weighted by molar-refractivity contribution is 0.112. The second-order valence-electron chi connectivity index (χ2n) is 5.45. The van der Waals surface area contributed by atoms with Gasteiger partial charge >= 0.3 is 0 Å². The third-order valence-electron chi connectivity index (χ3n) is 3.55. The van der Waals surface area contributed by atoms with Crippen LogP contribution in [0.1, 0.15) is 35.3 Å². The molecule has 2 nitrogen and oxygen atoms in total. The summed E-state index contributed by atoms with van der Waals surface area (Å²) in [5, 5.41) is 0. The highest BCUT2D eigenvalue weighted by molar-refractivity contribution is 5.92. The molecular formula is C18H16O2. The first kappa shape index (κ1) is 12.7. The van der Waals surface area contributed by atoms with Crippen LogP contribution in [-0.4, -0.2) is 11.9 Å². The van der Waals surface area contributed by atoms with Crippen molar-refractivity contribution < 1.29 is 9.53 Å². The average molecular weight is 264 g/mol. The van der Waals surface area contributed by atoms with Gasteiger partial charge in [-0.2, -0.15) is 0 Å². The smallest absolute Gasteiger partial charge is 0.150 e. The van der Waals surface area contributed by atoms with E-state index in [1.165, 1.54) is 0 Å². The van der Waals surface area contributed by atoms with Gasteiger partial charge in [0.2, 0.25) is 0 Å². The first-order valence-electron chi connectivity index (χ1n) is 6.66. The second-order valence-corrected chi connectivity index (χ2v) is 5.45. The fourth-order valence-corrected chi connectivity index (χ4v) is 2.54. The van der Waals surface area contributed by atoms with E-state index in [1.54, 1.807) is 6.07 Å². The number of ether oxygens (including phenoxy) is 1. The highest BCUT2D eigenvalue weighted by atomic mass is 16.5. The van der Waals surface area contributed by atoms with Gasteiger partial charge in [0.1, 0.15) is 17.6 Å². The molecule has 1 aliphatic rings. The number of carbonyl (C=O) groups excluding carboxylic acids is 1. The van der Waals surface area contributed by atoms with Crippen molar-refractivity contribution in [3.63, 3.8) is 0 Å². The van der Waals surface area contributed by atoms with E-state index in [1.807, 2.05) is 44.2 Å². The minimum absolute atomic E-state index is 0.389. The summed E-state index contributed by atoms with van der Waals surface area (Å²) in [7, 11) is 0. The van der Waals surface area contributed by atoms with E-state index < -0.39 is 0 Å². The minimum atomic E-state index is -0.389. The Kier molecular flexibility index (Phi) is 2.94. The molecule has 0 unspecified atom stereocenters. The third-order valence-corrected chi connectivity index (χ3v) is 3.55. The summed E-state index contributed by atoms with van der Waals surface area (Å²) in [4.78, 5) is 11.0. The van der Waals surface area contributed by atoms with Crippen molar-refractivity contribution in [1.29, 1.82) is 0 Å². The standard InChI is InChI=1S/C18H16O2/c1-18(2)16(11-13-6-4-3-5-7-13)15-10-14(12-19)8-9-17(15)20-18/h3-12H,1-2H3/b16-11-. The zero-order valence-electron chi connectivity index (χ0n) is 11.6. The number of fused-ring (bicyclic) bond motifs is 1. The maximum atomic E-state index is 11.0. The van der Waals surface area contributed by atoms with Crippen LogP contribution in [0.2, 0.25) is 0 Å². The van der Waals surface area contributed by atoms with Crippen molar-refractivity contribution in [2.45, 2.75) is 19.4 Å². The van der Waals surface area contributed by atoms with Crippen molar-refractivity contribution >= 4 is 17.9 Å². The van der Waals surface area contributed by atoms with Gasteiger partial charge in [0.15, 0.2) is 0 Å². The number of carbonyl (C=O) groups is 1. The fraction of sp³-hybridized carbons (Fsp3) is 0.167. The van der Waals surface area contributed by atoms with Crippen LogP contribution in [0.15, 0.2) is 48.5 Å². The Hall–Kier alpha value is -2.35. The zero-order chi connectivity index (χ0) is 14.2. The molecule has 100 valence electrons.